The van der Waals surface area contributed by atoms with E-state index in [0.29, 0.717) is 23.5 Å². The lowest BCUT2D eigenvalue weighted by Crippen LogP contribution is -2.39. The molecule has 0 aliphatic carbocycles. The zero-order chi connectivity index (χ0) is 14.5. The van der Waals surface area contributed by atoms with Gasteiger partial charge in [-0.1, -0.05) is 13.8 Å². The van der Waals surface area contributed by atoms with Crippen LogP contribution in [0.2, 0.25) is 0 Å². The lowest BCUT2D eigenvalue weighted by Gasteiger charge is -2.29. The van der Waals surface area contributed by atoms with Crippen molar-refractivity contribution in [2.24, 2.45) is 5.41 Å². The third-order valence-electron chi connectivity index (χ3n) is 3.78. The predicted molar refractivity (Wildman–Crippen MR) is 77.7 cm³/mol. The number of amides is 1. The van der Waals surface area contributed by atoms with Crippen molar-refractivity contribution in [1.29, 1.82) is 0 Å². The summed E-state index contributed by atoms with van der Waals surface area (Å²) in [6, 6.07) is 4.82. The molecule has 106 valence electrons. The minimum atomic E-state index is -0.266. The van der Waals surface area contributed by atoms with Gasteiger partial charge in [0.1, 0.15) is 0 Å². The van der Waals surface area contributed by atoms with Crippen molar-refractivity contribution in [3.63, 3.8) is 0 Å². The summed E-state index contributed by atoms with van der Waals surface area (Å²) in [5, 5.41) is 12.3. The van der Waals surface area contributed by atoms with E-state index in [1.807, 2.05) is 13.8 Å². The van der Waals surface area contributed by atoms with Crippen LogP contribution in [-0.4, -0.2) is 24.2 Å². The summed E-state index contributed by atoms with van der Waals surface area (Å²) in [4.78, 5) is 12.1. The van der Waals surface area contributed by atoms with Crippen molar-refractivity contribution in [3.05, 3.63) is 23.8 Å². The third kappa shape index (κ3) is 3.61. The van der Waals surface area contributed by atoms with Crippen molar-refractivity contribution < 1.29 is 9.90 Å². The number of aliphatic hydroxyl groups excluding tert-OH is 1. The lowest BCUT2D eigenvalue weighted by atomic mass is 9.83. The number of carbonyl (C=O) groups is 1. The largest absolute Gasteiger partial charge is 0.399 e. The molecule has 0 spiro atoms. The first-order valence-electron chi connectivity index (χ1n) is 6.52. The van der Waals surface area contributed by atoms with Gasteiger partial charge in [0.2, 0.25) is 0 Å². The third-order valence-corrected chi connectivity index (χ3v) is 3.78. The van der Waals surface area contributed by atoms with E-state index in [2.05, 4.69) is 5.32 Å². The van der Waals surface area contributed by atoms with Gasteiger partial charge in [-0.2, -0.15) is 0 Å². The molecule has 1 rings (SSSR count). The fraction of sp³-hybridized carbons (Fsp3) is 0.500. The highest BCUT2D eigenvalue weighted by Crippen LogP contribution is 2.24. The number of rotatable bonds is 6. The Morgan fingerprint density at radius 3 is 2.42 bits per heavy atom. The van der Waals surface area contributed by atoms with Gasteiger partial charge in [0, 0.05) is 23.3 Å². The molecule has 0 saturated heterocycles. The number of anilines is 2. The summed E-state index contributed by atoms with van der Waals surface area (Å²) in [6.45, 7) is 4.49. The van der Waals surface area contributed by atoms with E-state index in [0.717, 1.165) is 12.8 Å². The first-order chi connectivity index (χ1) is 8.98. The van der Waals surface area contributed by atoms with Crippen molar-refractivity contribution >= 4 is 17.3 Å². The molecule has 0 aliphatic heterocycles. The van der Waals surface area contributed by atoms with E-state index in [1.54, 1.807) is 18.2 Å². The zero-order valence-electron chi connectivity index (χ0n) is 11.6. The second kappa shape index (κ2) is 6.43. The van der Waals surface area contributed by atoms with E-state index in [4.69, 9.17) is 11.5 Å². The molecule has 1 aromatic carbocycles. The van der Waals surface area contributed by atoms with Crippen LogP contribution in [-0.2, 0) is 0 Å². The van der Waals surface area contributed by atoms with Crippen molar-refractivity contribution in [2.75, 3.05) is 24.6 Å². The maximum atomic E-state index is 12.1. The van der Waals surface area contributed by atoms with Crippen molar-refractivity contribution in [1.82, 2.24) is 5.32 Å². The van der Waals surface area contributed by atoms with Crippen LogP contribution in [0.15, 0.2) is 18.2 Å². The van der Waals surface area contributed by atoms with E-state index in [-0.39, 0.29) is 17.9 Å². The highest BCUT2D eigenvalue weighted by Gasteiger charge is 2.26. The van der Waals surface area contributed by atoms with Gasteiger partial charge in [0.25, 0.3) is 5.91 Å². The summed E-state index contributed by atoms with van der Waals surface area (Å²) >= 11 is 0. The van der Waals surface area contributed by atoms with Gasteiger partial charge in [0.05, 0.1) is 12.2 Å². The van der Waals surface area contributed by atoms with Crippen molar-refractivity contribution in [2.45, 2.75) is 26.7 Å². The van der Waals surface area contributed by atoms with Gasteiger partial charge in [-0.25, -0.2) is 0 Å². The van der Waals surface area contributed by atoms with Gasteiger partial charge in [-0.05, 0) is 31.0 Å². The van der Waals surface area contributed by atoms with Gasteiger partial charge in [-0.15, -0.1) is 0 Å². The number of hydrogen-bond acceptors (Lipinski definition) is 4. The first kappa shape index (κ1) is 15.3. The molecule has 0 atom stereocenters. The molecule has 0 heterocycles. The Morgan fingerprint density at radius 1 is 1.32 bits per heavy atom. The van der Waals surface area contributed by atoms with Crippen molar-refractivity contribution in [3.8, 4) is 0 Å². The number of carbonyl (C=O) groups excluding carboxylic acids is 1. The number of benzene rings is 1. The minimum absolute atomic E-state index is 0.0531. The molecule has 0 bridgehead atoms. The maximum absolute atomic E-state index is 12.1. The molecule has 19 heavy (non-hydrogen) atoms. The Balaban J connectivity index is 2.75. The van der Waals surface area contributed by atoms with Crippen LogP contribution in [0.5, 0.6) is 0 Å². The molecular formula is C14H23N3O2. The fourth-order valence-corrected chi connectivity index (χ4v) is 1.93. The number of hydrogen-bond donors (Lipinski definition) is 4. The molecule has 0 fully saturated rings. The number of aliphatic hydroxyl groups is 1. The van der Waals surface area contributed by atoms with Gasteiger partial charge < -0.3 is 21.9 Å². The molecule has 0 saturated carbocycles. The van der Waals surface area contributed by atoms with E-state index >= 15 is 0 Å². The van der Waals surface area contributed by atoms with E-state index < -0.39 is 0 Å². The normalized spacial score (nSPS) is 11.3. The Labute approximate surface area is 114 Å². The van der Waals surface area contributed by atoms with Crippen LogP contribution in [0.4, 0.5) is 11.4 Å². The number of nitrogen functional groups attached to an aromatic ring is 2. The molecule has 0 unspecified atom stereocenters. The molecule has 1 amide bonds. The Hall–Kier alpha value is -1.75. The SMILES string of the molecule is CCC(CC)(CO)CNC(=O)c1ccc(N)cc1N. The van der Waals surface area contributed by atoms with Crippen LogP contribution in [0, 0.1) is 5.41 Å². The Bertz CT molecular complexity index is 434. The first-order valence-corrected chi connectivity index (χ1v) is 6.52. The smallest absolute Gasteiger partial charge is 0.253 e. The summed E-state index contributed by atoms with van der Waals surface area (Å²) in [6.07, 6.45) is 1.61. The monoisotopic (exact) mass is 265 g/mol. The fourth-order valence-electron chi connectivity index (χ4n) is 1.93. The highest BCUT2D eigenvalue weighted by atomic mass is 16.3. The molecule has 0 aliphatic rings. The van der Waals surface area contributed by atoms with E-state index in [1.165, 1.54) is 0 Å². The molecule has 0 aromatic heterocycles. The zero-order valence-corrected chi connectivity index (χ0v) is 11.6. The van der Waals surface area contributed by atoms with Gasteiger partial charge >= 0.3 is 0 Å². The quantitative estimate of drug-likeness (QED) is 0.584. The molecule has 5 nitrogen and oxygen atoms in total. The molecular weight excluding hydrogens is 242 g/mol. The average Bonchev–Trinajstić information content (AvgIpc) is 2.40. The molecule has 1 aromatic rings. The van der Waals surface area contributed by atoms with Crippen LogP contribution in [0.25, 0.3) is 0 Å². The minimum Gasteiger partial charge on any atom is -0.399 e. The maximum Gasteiger partial charge on any atom is 0.253 e. The number of nitrogens with one attached hydrogen (secondary N) is 1. The molecule has 0 radical (unpaired) electrons. The average molecular weight is 265 g/mol. The second-order valence-corrected chi connectivity index (χ2v) is 4.89. The van der Waals surface area contributed by atoms with Crippen LogP contribution < -0.4 is 16.8 Å². The predicted octanol–water partition coefficient (Wildman–Crippen LogP) is 1.38. The van der Waals surface area contributed by atoms with Crippen LogP contribution in [0.1, 0.15) is 37.0 Å². The second-order valence-electron chi connectivity index (χ2n) is 4.89. The van der Waals surface area contributed by atoms with Crippen LogP contribution in [0.3, 0.4) is 0 Å². The van der Waals surface area contributed by atoms with E-state index in [9.17, 15) is 9.90 Å². The lowest BCUT2D eigenvalue weighted by molar-refractivity contribution is 0.0852. The molecule has 6 N–H and O–H groups in total. The summed E-state index contributed by atoms with van der Waals surface area (Å²) < 4.78 is 0. The Kier molecular flexibility index (Phi) is 5.18. The molecule has 5 heteroatoms. The van der Waals surface area contributed by atoms with Gasteiger partial charge in [-0.3, -0.25) is 4.79 Å². The standard InChI is InChI=1S/C14H23N3O2/c1-3-14(4-2,9-18)8-17-13(19)11-6-5-10(15)7-12(11)16/h5-7,18H,3-4,8-9,15-16H2,1-2H3,(H,17,19). The topological polar surface area (TPSA) is 101 Å². The highest BCUT2D eigenvalue weighted by molar-refractivity contribution is 5.99. The van der Waals surface area contributed by atoms with Crippen LogP contribution >= 0.6 is 0 Å². The number of nitrogens with two attached hydrogens (primary N) is 2. The van der Waals surface area contributed by atoms with Gasteiger partial charge in [0.15, 0.2) is 0 Å². The summed E-state index contributed by atoms with van der Waals surface area (Å²) in [7, 11) is 0. The Morgan fingerprint density at radius 2 is 1.95 bits per heavy atom. The summed E-state index contributed by atoms with van der Waals surface area (Å²) in [5.41, 5.74) is 12.4. The summed E-state index contributed by atoms with van der Waals surface area (Å²) in [5.74, 6) is -0.239.